The zero-order valence-corrected chi connectivity index (χ0v) is 10.0. The second kappa shape index (κ2) is 5.39. The summed E-state index contributed by atoms with van der Waals surface area (Å²) < 4.78 is 0. The molecule has 0 radical (unpaired) electrons. The van der Waals surface area contributed by atoms with E-state index in [0.717, 1.165) is 5.56 Å². The van der Waals surface area contributed by atoms with Gasteiger partial charge in [-0.05, 0) is 12.1 Å². The van der Waals surface area contributed by atoms with E-state index < -0.39 is 5.97 Å². The Bertz CT molecular complexity index is 594. The van der Waals surface area contributed by atoms with Crippen molar-refractivity contribution in [2.24, 2.45) is 10.8 Å². The van der Waals surface area contributed by atoms with Gasteiger partial charge in [0.05, 0.1) is 11.3 Å². The molecule has 0 unspecified atom stereocenters. The SMILES string of the molecule is NN/C=N/c1nc(-c2cccc(C(=O)O)c2)cs1. The number of hydrazine groups is 1. The highest BCUT2D eigenvalue weighted by molar-refractivity contribution is 7.13. The number of aliphatic imine (C=N–C) groups is 1. The second-order valence-electron chi connectivity index (χ2n) is 3.33. The van der Waals surface area contributed by atoms with E-state index in [1.54, 1.807) is 18.2 Å². The molecule has 2 aromatic rings. The van der Waals surface area contributed by atoms with E-state index in [9.17, 15) is 4.79 Å². The Hall–Kier alpha value is -2.25. The van der Waals surface area contributed by atoms with Crippen LogP contribution in [0, 0.1) is 0 Å². The van der Waals surface area contributed by atoms with Gasteiger partial charge in [-0.15, -0.1) is 11.3 Å². The average Bonchev–Trinajstić information content (AvgIpc) is 2.85. The first-order valence-electron chi connectivity index (χ1n) is 4.98. The van der Waals surface area contributed by atoms with Gasteiger partial charge in [-0.2, -0.15) is 0 Å². The minimum Gasteiger partial charge on any atom is -0.478 e. The van der Waals surface area contributed by atoms with Crippen LogP contribution in [0.2, 0.25) is 0 Å². The first-order chi connectivity index (χ1) is 8.70. The zero-order chi connectivity index (χ0) is 13.0. The fraction of sp³-hybridized carbons (Fsp3) is 0. The van der Waals surface area contributed by atoms with Crippen LogP contribution in [-0.2, 0) is 0 Å². The largest absolute Gasteiger partial charge is 0.478 e. The van der Waals surface area contributed by atoms with Gasteiger partial charge in [0.2, 0.25) is 5.13 Å². The molecule has 1 aromatic carbocycles. The summed E-state index contributed by atoms with van der Waals surface area (Å²) in [6.45, 7) is 0. The molecule has 1 aromatic heterocycles. The Labute approximate surface area is 107 Å². The lowest BCUT2D eigenvalue weighted by Crippen LogP contribution is -2.18. The normalized spacial score (nSPS) is 10.7. The fourth-order valence-corrected chi connectivity index (χ4v) is 2.03. The van der Waals surface area contributed by atoms with E-state index in [1.807, 2.05) is 5.38 Å². The molecule has 18 heavy (non-hydrogen) atoms. The molecule has 1 heterocycles. The number of carboxylic acids is 1. The molecule has 92 valence electrons. The highest BCUT2D eigenvalue weighted by Crippen LogP contribution is 2.26. The fourth-order valence-electron chi connectivity index (χ4n) is 1.36. The van der Waals surface area contributed by atoms with Gasteiger partial charge >= 0.3 is 5.97 Å². The van der Waals surface area contributed by atoms with Gasteiger partial charge in [-0.25, -0.2) is 20.6 Å². The number of carboxylic acid groups (broad SMARTS) is 1. The lowest BCUT2D eigenvalue weighted by Gasteiger charge is -1.98. The van der Waals surface area contributed by atoms with Crippen LogP contribution in [0.25, 0.3) is 11.3 Å². The van der Waals surface area contributed by atoms with Crippen molar-refractivity contribution in [3.05, 3.63) is 35.2 Å². The summed E-state index contributed by atoms with van der Waals surface area (Å²) >= 11 is 1.35. The molecule has 0 atom stereocenters. The third kappa shape index (κ3) is 2.70. The van der Waals surface area contributed by atoms with Crippen LogP contribution in [0.15, 0.2) is 34.6 Å². The maximum absolute atomic E-state index is 10.9. The molecular weight excluding hydrogens is 252 g/mol. The van der Waals surface area contributed by atoms with Crippen molar-refractivity contribution in [3.63, 3.8) is 0 Å². The molecule has 0 amide bonds. The number of aromatic carboxylic acids is 1. The molecule has 0 saturated heterocycles. The molecule has 7 heteroatoms. The molecule has 0 aliphatic carbocycles. The molecule has 0 fully saturated rings. The van der Waals surface area contributed by atoms with Crippen molar-refractivity contribution >= 4 is 28.8 Å². The summed E-state index contributed by atoms with van der Waals surface area (Å²) in [5.74, 6) is 4.10. The number of benzene rings is 1. The topological polar surface area (TPSA) is 101 Å². The van der Waals surface area contributed by atoms with Gasteiger partial charge in [0, 0.05) is 10.9 Å². The number of nitrogens with two attached hydrogens (primary N) is 1. The molecule has 0 aliphatic heterocycles. The second-order valence-corrected chi connectivity index (χ2v) is 4.16. The highest BCUT2D eigenvalue weighted by Gasteiger charge is 2.07. The molecule has 2 rings (SSSR count). The summed E-state index contributed by atoms with van der Waals surface area (Å²) in [6.07, 6.45) is 1.33. The molecule has 6 nitrogen and oxygen atoms in total. The molecule has 0 bridgehead atoms. The van der Waals surface area contributed by atoms with Crippen molar-refractivity contribution in [2.45, 2.75) is 0 Å². The van der Waals surface area contributed by atoms with Crippen molar-refractivity contribution in [2.75, 3.05) is 0 Å². The van der Waals surface area contributed by atoms with Gasteiger partial charge in [0.1, 0.15) is 6.34 Å². The number of nitrogens with zero attached hydrogens (tertiary/aromatic N) is 2. The Morgan fingerprint density at radius 1 is 1.56 bits per heavy atom. The number of nitrogens with one attached hydrogen (secondary N) is 1. The van der Waals surface area contributed by atoms with Gasteiger partial charge in [-0.1, -0.05) is 12.1 Å². The van der Waals surface area contributed by atoms with Gasteiger partial charge in [0.25, 0.3) is 0 Å². The van der Waals surface area contributed by atoms with E-state index >= 15 is 0 Å². The Kier molecular flexibility index (Phi) is 3.66. The van der Waals surface area contributed by atoms with Crippen LogP contribution >= 0.6 is 11.3 Å². The Balaban J connectivity index is 2.31. The van der Waals surface area contributed by atoms with Crippen molar-refractivity contribution < 1.29 is 9.90 Å². The third-order valence-electron chi connectivity index (χ3n) is 2.15. The van der Waals surface area contributed by atoms with Crippen LogP contribution in [-0.4, -0.2) is 22.4 Å². The Morgan fingerprint density at radius 2 is 2.39 bits per heavy atom. The van der Waals surface area contributed by atoms with E-state index in [1.165, 1.54) is 23.7 Å². The summed E-state index contributed by atoms with van der Waals surface area (Å²) in [5, 5.41) is 11.3. The third-order valence-corrected chi connectivity index (χ3v) is 2.90. The Morgan fingerprint density at radius 3 is 3.11 bits per heavy atom. The predicted molar refractivity (Wildman–Crippen MR) is 70.0 cm³/mol. The van der Waals surface area contributed by atoms with Crippen LogP contribution in [0.5, 0.6) is 0 Å². The lowest BCUT2D eigenvalue weighted by atomic mass is 10.1. The van der Waals surface area contributed by atoms with E-state index in [4.69, 9.17) is 10.9 Å². The van der Waals surface area contributed by atoms with Crippen LogP contribution in [0.1, 0.15) is 10.4 Å². The van der Waals surface area contributed by atoms with E-state index in [-0.39, 0.29) is 5.56 Å². The quantitative estimate of drug-likeness (QED) is 0.336. The highest BCUT2D eigenvalue weighted by atomic mass is 32.1. The van der Waals surface area contributed by atoms with Crippen molar-refractivity contribution in [1.82, 2.24) is 10.4 Å². The number of carbonyl (C=O) groups is 1. The molecule has 0 saturated carbocycles. The van der Waals surface area contributed by atoms with Gasteiger partial charge in [-0.3, -0.25) is 0 Å². The lowest BCUT2D eigenvalue weighted by molar-refractivity contribution is 0.0697. The standard InChI is InChI=1S/C11H10N4O2S/c12-14-6-13-11-15-9(5-18-11)7-2-1-3-8(4-7)10(16)17/h1-6H,12H2,(H,16,17)(H,13,14,15). The predicted octanol–water partition coefficient (Wildman–Crippen LogP) is 1.63. The number of hydrogen-bond acceptors (Lipinski definition) is 5. The zero-order valence-electron chi connectivity index (χ0n) is 9.20. The minimum absolute atomic E-state index is 0.231. The van der Waals surface area contributed by atoms with Gasteiger partial charge in [0.15, 0.2) is 0 Å². The first kappa shape index (κ1) is 12.2. The number of thiazole rings is 1. The first-order valence-corrected chi connectivity index (χ1v) is 5.86. The van der Waals surface area contributed by atoms with E-state index in [0.29, 0.717) is 10.8 Å². The number of rotatable bonds is 4. The molecule has 4 N–H and O–H groups in total. The van der Waals surface area contributed by atoms with E-state index in [2.05, 4.69) is 15.4 Å². The maximum Gasteiger partial charge on any atom is 0.335 e. The van der Waals surface area contributed by atoms with Crippen LogP contribution in [0.4, 0.5) is 5.13 Å². The summed E-state index contributed by atoms with van der Waals surface area (Å²) in [4.78, 5) is 19.1. The monoisotopic (exact) mass is 262 g/mol. The molecular formula is C11H10N4O2S. The maximum atomic E-state index is 10.9. The summed E-state index contributed by atoms with van der Waals surface area (Å²) in [6, 6.07) is 6.60. The van der Waals surface area contributed by atoms with Gasteiger partial charge < -0.3 is 10.5 Å². The smallest absolute Gasteiger partial charge is 0.335 e. The van der Waals surface area contributed by atoms with Crippen molar-refractivity contribution in [3.8, 4) is 11.3 Å². The average molecular weight is 262 g/mol. The number of aromatic nitrogens is 1. The van der Waals surface area contributed by atoms with Crippen LogP contribution < -0.4 is 11.3 Å². The molecule has 0 spiro atoms. The minimum atomic E-state index is -0.961. The summed E-state index contributed by atoms with van der Waals surface area (Å²) in [5.41, 5.74) is 3.95. The van der Waals surface area contributed by atoms with Crippen LogP contribution in [0.3, 0.4) is 0 Å². The summed E-state index contributed by atoms with van der Waals surface area (Å²) in [7, 11) is 0. The number of hydrogen-bond donors (Lipinski definition) is 3. The molecule has 0 aliphatic rings. The van der Waals surface area contributed by atoms with Crippen molar-refractivity contribution in [1.29, 1.82) is 0 Å².